The Labute approximate surface area is 232 Å². The second-order valence-electron chi connectivity index (χ2n) is 10.7. The van der Waals surface area contributed by atoms with E-state index in [0.717, 1.165) is 54.1 Å². The van der Waals surface area contributed by atoms with Crippen molar-refractivity contribution in [3.8, 4) is 11.4 Å². The molecule has 1 amide bonds. The van der Waals surface area contributed by atoms with Crippen molar-refractivity contribution in [3.05, 3.63) is 65.7 Å². The number of carbonyl (C=O) groups excluding carboxylic acids is 1. The minimum atomic E-state index is -0.503. The summed E-state index contributed by atoms with van der Waals surface area (Å²) in [5.74, 6) is 1.24. The van der Waals surface area contributed by atoms with E-state index in [1.807, 2.05) is 61.7 Å². The van der Waals surface area contributed by atoms with Crippen LogP contribution in [-0.4, -0.2) is 48.1 Å². The summed E-state index contributed by atoms with van der Waals surface area (Å²) >= 11 is 6.09. The van der Waals surface area contributed by atoms with Crippen molar-refractivity contribution in [3.63, 3.8) is 0 Å². The Balaban J connectivity index is 1.23. The Kier molecular flexibility index (Phi) is 7.83. The van der Waals surface area contributed by atoms with Gasteiger partial charge in [-0.05, 0) is 70.2 Å². The molecule has 10 nitrogen and oxygen atoms in total. The van der Waals surface area contributed by atoms with Crippen LogP contribution in [0.3, 0.4) is 0 Å². The van der Waals surface area contributed by atoms with Crippen LogP contribution >= 0.6 is 11.6 Å². The molecule has 0 aliphatic heterocycles. The Hall–Kier alpha value is -3.92. The first-order valence-corrected chi connectivity index (χ1v) is 13.5. The minimum Gasteiger partial charge on any atom is -0.444 e. The first-order chi connectivity index (χ1) is 18.7. The number of benzene rings is 1. The highest BCUT2D eigenvalue weighted by molar-refractivity contribution is 6.30. The normalized spacial score (nSPS) is 17.5. The van der Waals surface area contributed by atoms with Crippen molar-refractivity contribution in [2.45, 2.75) is 70.7 Å². The smallest absolute Gasteiger partial charge is 0.407 e. The maximum absolute atomic E-state index is 12.1. The number of carbonyl (C=O) groups is 1. The van der Waals surface area contributed by atoms with Crippen molar-refractivity contribution < 1.29 is 9.53 Å². The molecule has 1 aliphatic carbocycles. The molecule has 0 saturated heterocycles. The highest BCUT2D eigenvalue weighted by Gasteiger charge is 2.25. The molecule has 1 aliphatic rings. The van der Waals surface area contributed by atoms with Gasteiger partial charge in [-0.15, -0.1) is 0 Å². The number of hydrogen-bond acceptors (Lipinski definition) is 8. The maximum Gasteiger partial charge on any atom is 0.407 e. The van der Waals surface area contributed by atoms with Gasteiger partial charge >= 0.3 is 6.09 Å². The third-order valence-corrected chi connectivity index (χ3v) is 6.71. The van der Waals surface area contributed by atoms with Crippen molar-refractivity contribution in [1.82, 2.24) is 29.7 Å². The minimum absolute atomic E-state index is 0.110. The number of fused-ring (bicyclic) bond motifs is 1. The van der Waals surface area contributed by atoms with Crippen molar-refractivity contribution in [1.29, 1.82) is 0 Å². The second kappa shape index (κ2) is 11.4. The van der Waals surface area contributed by atoms with Gasteiger partial charge in [0.15, 0.2) is 11.5 Å². The molecule has 0 unspecified atom stereocenters. The number of anilines is 2. The van der Waals surface area contributed by atoms with Gasteiger partial charge in [-0.3, -0.25) is 4.40 Å². The molecule has 3 aromatic heterocycles. The fourth-order valence-electron chi connectivity index (χ4n) is 4.67. The van der Waals surface area contributed by atoms with Gasteiger partial charge in [-0.2, -0.15) is 0 Å². The van der Waals surface area contributed by atoms with E-state index in [9.17, 15) is 4.79 Å². The number of rotatable bonds is 7. The molecule has 3 N–H and O–H groups in total. The van der Waals surface area contributed by atoms with Gasteiger partial charge in [-0.25, -0.2) is 24.7 Å². The van der Waals surface area contributed by atoms with E-state index >= 15 is 0 Å². The van der Waals surface area contributed by atoms with E-state index in [4.69, 9.17) is 21.3 Å². The molecular weight excluding hydrogens is 516 g/mol. The zero-order chi connectivity index (χ0) is 27.4. The largest absolute Gasteiger partial charge is 0.444 e. The quantitative estimate of drug-likeness (QED) is 0.269. The average molecular weight is 549 g/mol. The van der Waals surface area contributed by atoms with Crippen LogP contribution in [-0.2, 0) is 11.3 Å². The van der Waals surface area contributed by atoms with Gasteiger partial charge in [0.05, 0.1) is 17.6 Å². The molecule has 3 heterocycles. The fraction of sp³-hybridized carbons (Fsp3) is 0.393. The van der Waals surface area contributed by atoms with Gasteiger partial charge in [0.1, 0.15) is 5.60 Å². The summed E-state index contributed by atoms with van der Waals surface area (Å²) in [5.41, 5.74) is 2.86. The van der Waals surface area contributed by atoms with Crippen LogP contribution in [0.25, 0.3) is 17.0 Å². The van der Waals surface area contributed by atoms with E-state index in [1.54, 1.807) is 18.6 Å². The number of imidazole rings is 1. The number of amides is 1. The molecule has 4 aromatic rings. The zero-order valence-corrected chi connectivity index (χ0v) is 23.1. The van der Waals surface area contributed by atoms with E-state index in [0.29, 0.717) is 17.5 Å². The van der Waals surface area contributed by atoms with Crippen molar-refractivity contribution >= 4 is 35.1 Å². The fourth-order valence-corrected chi connectivity index (χ4v) is 4.89. The third kappa shape index (κ3) is 6.94. The molecule has 1 saturated carbocycles. The van der Waals surface area contributed by atoms with Gasteiger partial charge < -0.3 is 20.7 Å². The maximum atomic E-state index is 12.1. The summed E-state index contributed by atoms with van der Waals surface area (Å²) in [6.07, 6.45) is 10.4. The monoisotopic (exact) mass is 548 g/mol. The molecule has 1 fully saturated rings. The lowest BCUT2D eigenvalue weighted by atomic mass is 9.91. The number of alkyl carbamates (subject to hydrolysis) is 1. The molecular formula is C28H33ClN8O2. The zero-order valence-electron chi connectivity index (χ0n) is 22.3. The Morgan fingerprint density at radius 1 is 1.08 bits per heavy atom. The Bertz CT molecular complexity index is 1440. The van der Waals surface area contributed by atoms with Crippen LogP contribution in [0.15, 0.2) is 55.1 Å². The Morgan fingerprint density at radius 3 is 2.64 bits per heavy atom. The lowest BCUT2D eigenvalue weighted by Crippen LogP contribution is -2.42. The highest BCUT2D eigenvalue weighted by Crippen LogP contribution is 2.26. The van der Waals surface area contributed by atoms with Crippen molar-refractivity contribution in [2.24, 2.45) is 0 Å². The summed E-state index contributed by atoms with van der Waals surface area (Å²) in [4.78, 5) is 30.4. The molecule has 39 heavy (non-hydrogen) atoms. The number of nitrogens with one attached hydrogen (secondary N) is 3. The molecule has 204 valence electrons. The van der Waals surface area contributed by atoms with Gasteiger partial charge in [-0.1, -0.05) is 23.7 Å². The lowest BCUT2D eigenvalue weighted by molar-refractivity contribution is 0.0492. The SMILES string of the molecule is CC(C)(C)OC(=O)N[C@H]1CC[C@H](Nc2nccn3c(-c4ccnc(NCc5cccc(Cl)c5)n4)cnc23)CC1. The van der Waals surface area contributed by atoms with Crippen LogP contribution in [0.5, 0.6) is 0 Å². The highest BCUT2D eigenvalue weighted by atomic mass is 35.5. The van der Waals surface area contributed by atoms with Gasteiger partial charge in [0.2, 0.25) is 5.95 Å². The number of halogens is 1. The predicted molar refractivity (Wildman–Crippen MR) is 152 cm³/mol. The van der Waals surface area contributed by atoms with E-state index in [1.165, 1.54) is 0 Å². The van der Waals surface area contributed by atoms with Crippen LogP contribution in [0.2, 0.25) is 5.02 Å². The first kappa shape index (κ1) is 26.7. The molecule has 11 heteroatoms. The lowest BCUT2D eigenvalue weighted by Gasteiger charge is -2.30. The van der Waals surface area contributed by atoms with Crippen LogP contribution in [0.4, 0.5) is 16.6 Å². The van der Waals surface area contributed by atoms with Crippen molar-refractivity contribution in [2.75, 3.05) is 10.6 Å². The standard InChI is InChI=1S/C28H33ClN8O2/c1-28(2,3)39-27(38)35-21-9-7-20(8-10-21)34-24-25-32-17-23(37(25)14-13-30-24)22-11-12-31-26(36-22)33-16-18-5-4-6-19(29)15-18/h4-6,11-15,17,20-21H,7-10,16H2,1-3H3,(H,30,34)(H,35,38)(H,31,33,36)/t20-,21-. The molecule has 0 atom stereocenters. The Morgan fingerprint density at radius 2 is 1.87 bits per heavy atom. The summed E-state index contributed by atoms with van der Waals surface area (Å²) in [6.45, 7) is 6.16. The topological polar surface area (TPSA) is 118 Å². The summed E-state index contributed by atoms with van der Waals surface area (Å²) in [7, 11) is 0. The van der Waals surface area contributed by atoms with E-state index in [-0.39, 0.29) is 18.2 Å². The second-order valence-corrected chi connectivity index (χ2v) is 11.1. The van der Waals surface area contributed by atoms with Gasteiger partial charge in [0, 0.05) is 42.2 Å². The first-order valence-electron chi connectivity index (χ1n) is 13.1. The predicted octanol–water partition coefficient (Wildman–Crippen LogP) is 5.70. The van der Waals surface area contributed by atoms with E-state index < -0.39 is 5.60 Å². The molecule has 5 rings (SSSR count). The van der Waals surface area contributed by atoms with E-state index in [2.05, 4.69) is 30.9 Å². The van der Waals surface area contributed by atoms with Gasteiger partial charge in [0.25, 0.3) is 0 Å². The summed E-state index contributed by atoms with van der Waals surface area (Å²) in [6, 6.07) is 9.88. The number of hydrogen-bond donors (Lipinski definition) is 3. The molecule has 0 spiro atoms. The molecule has 1 aromatic carbocycles. The number of ether oxygens (including phenoxy) is 1. The average Bonchev–Trinajstić information content (AvgIpc) is 3.33. The third-order valence-electron chi connectivity index (χ3n) is 6.47. The van der Waals surface area contributed by atoms with Crippen LogP contribution in [0.1, 0.15) is 52.0 Å². The molecule has 0 bridgehead atoms. The summed E-state index contributed by atoms with van der Waals surface area (Å²) in [5, 5.41) is 10.5. The van der Waals surface area contributed by atoms with Crippen LogP contribution < -0.4 is 16.0 Å². The summed E-state index contributed by atoms with van der Waals surface area (Å²) < 4.78 is 7.37. The number of aromatic nitrogens is 5. The van der Waals surface area contributed by atoms with Crippen LogP contribution in [0, 0.1) is 0 Å². The molecule has 0 radical (unpaired) electrons. The number of nitrogens with zero attached hydrogens (tertiary/aromatic N) is 5.